The van der Waals surface area contributed by atoms with Gasteiger partial charge in [0, 0.05) is 4.90 Å². The molecule has 0 bridgehead atoms. The van der Waals surface area contributed by atoms with Crippen LogP contribution in [-0.2, 0) is 0 Å². The molecule has 0 aromatic heterocycles. The van der Waals surface area contributed by atoms with E-state index in [2.05, 4.69) is 74.5 Å². The Hall–Kier alpha value is -0.450. The van der Waals surface area contributed by atoms with Gasteiger partial charge in [0.05, 0.1) is 16.4 Å². The van der Waals surface area contributed by atoms with E-state index in [0.717, 1.165) is 10.2 Å². The number of ether oxygens (including phenoxy) is 1. The number of rotatable bonds is 4. The normalized spacial score (nSPS) is 12.2. The van der Waals surface area contributed by atoms with Gasteiger partial charge in [-0.25, -0.2) is 0 Å². The number of alkyl halides is 1. The fourth-order valence-corrected chi connectivity index (χ4v) is 3.36. The third kappa shape index (κ3) is 3.56. The van der Waals surface area contributed by atoms with Crippen molar-refractivity contribution in [3.8, 4) is 5.75 Å². The summed E-state index contributed by atoms with van der Waals surface area (Å²) in [4.78, 5) is 1.46. The minimum atomic E-state index is 0.186. The molecule has 0 radical (unpaired) electrons. The van der Waals surface area contributed by atoms with Gasteiger partial charge in [-0.1, -0.05) is 34.1 Å². The molecule has 2 aromatic rings. The topological polar surface area (TPSA) is 9.23 Å². The van der Waals surface area contributed by atoms with Crippen molar-refractivity contribution in [2.24, 2.45) is 0 Å². The summed E-state index contributed by atoms with van der Waals surface area (Å²) in [7, 11) is 1.67. The number of thioether (sulfide) groups is 1. The quantitative estimate of drug-likeness (QED) is 0.482. The van der Waals surface area contributed by atoms with E-state index in [1.54, 1.807) is 18.9 Å². The summed E-state index contributed by atoms with van der Waals surface area (Å²) in [6, 6.07) is 14.7. The third-order valence-electron chi connectivity index (χ3n) is 2.88. The molecule has 0 spiro atoms. The van der Waals surface area contributed by atoms with Crippen molar-refractivity contribution in [3.05, 3.63) is 58.1 Å². The lowest BCUT2D eigenvalue weighted by atomic mass is 10.0. The number of benzene rings is 2. The highest BCUT2D eigenvalue weighted by atomic mass is 79.9. The van der Waals surface area contributed by atoms with Crippen LogP contribution >= 0.6 is 43.6 Å². The van der Waals surface area contributed by atoms with Crippen molar-refractivity contribution < 1.29 is 4.74 Å². The Morgan fingerprint density at radius 1 is 1.05 bits per heavy atom. The molecule has 0 aliphatic heterocycles. The number of hydrogen-bond acceptors (Lipinski definition) is 2. The summed E-state index contributed by atoms with van der Waals surface area (Å²) in [6.45, 7) is 0. The molecule has 4 heteroatoms. The Balaban J connectivity index is 2.27. The van der Waals surface area contributed by atoms with Crippen molar-refractivity contribution in [2.75, 3.05) is 13.4 Å². The smallest absolute Gasteiger partial charge is 0.133 e. The molecule has 0 N–H and O–H groups in total. The molecule has 1 nitrogen and oxygen atoms in total. The van der Waals surface area contributed by atoms with E-state index in [1.807, 2.05) is 6.07 Å². The van der Waals surface area contributed by atoms with Crippen LogP contribution in [0, 0.1) is 0 Å². The van der Waals surface area contributed by atoms with Crippen molar-refractivity contribution >= 4 is 43.6 Å². The van der Waals surface area contributed by atoms with Gasteiger partial charge in [-0.3, -0.25) is 0 Å². The minimum Gasteiger partial charge on any atom is -0.496 e. The van der Waals surface area contributed by atoms with Gasteiger partial charge in [0.2, 0.25) is 0 Å². The van der Waals surface area contributed by atoms with Crippen LogP contribution in [0.15, 0.2) is 51.8 Å². The van der Waals surface area contributed by atoms with Crippen LogP contribution in [0.2, 0.25) is 0 Å². The molecule has 0 heterocycles. The molecule has 100 valence electrons. The van der Waals surface area contributed by atoms with Crippen LogP contribution in [-0.4, -0.2) is 13.4 Å². The number of hydrogen-bond donors (Lipinski definition) is 0. The van der Waals surface area contributed by atoms with E-state index >= 15 is 0 Å². The SMILES string of the molecule is COc1ccc(C(Br)c2ccc(SC)cc2)cc1Br. The van der Waals surface area contributed by atoms with Crippen LogP contribution in [0.5, 0.6) is 5.75 Å². The first kappa shape index (κ1) is 14.9. The summed E-state index contributed by atoms with van der Waals surface area (Å²) < 4.78 is 6.22. The predicted octanol–water partition coefficient (Wildman–Crippen LogP) is 5.66. The maximum atomic E-state index is 5.25. The maximum Gasteiger partial charge on any atom is 0.133 e. The van der Waals surface area contributed by atoms with E-state index in [9.17, 15) is 0 Å². The van der Waals surface area contributed by atoms with Gasteiger partial charge in [0.15, 0.2) is 0 Å². The van der Waals surface area contributed by atoms with Gasteiger partial charge in [-0.05, 0) is 57.6 Å². The number of methoxy groups -OCH3 is 1. The zero-order chi connectivity index (χ0) is 13.8. The minimum absolute atomic E-state index is 0.186. The van der Waals surface area contributed by atoms with Crippen molar-refractivity contribution in [2.45, 2.75) is 9.72 Å². The Kier molecular flexibility index (Phi) is 5.37. The van der Waals surface area contributed by atoms with Crippen LogP contribution in [0.3, 0.4) is 0 Å². The molecule has 0 saturated carbocycles. The van der Waals surface area contributed by atoms with Gasteiger partial charge in [-0.2, -0.15) is 0 Å². The van der Waals surface area contributed by atoms with Crippen molar-refractivity contribution in [1.29, 1.82) is 0 Å². The first-order valence-electron chi connectivity index (χ1n) is 5.77. The standard InChI is InChI=1S/C15H14Br2OS/c1-18-14-8-5-11(9-13(14)16)15(17)10-3-6-12(19-2)7-4-10/h3-9,15H,1-2H3. The predicted molar refractivity (Wildman–Crippen MR) is 89.7 cm³/mol. The zero-order valence-corrected chi connectivity index (χ0v) is 14.7. The molecule has 0 aliphatic carbocycles. The lowest BCUT2D eigenvalue weighted by molar-refractivity contribution is 0.412. The molecule has 1 atom stereocenters. The zero-order valence-electron chi connectivity index (χ0n) is 10.7. The summed E-state index contributed by atoms with van der Waals surface area (Å²) in [5.74, 6) is 0.848. The molecule has 2 rings (SSSR count). The summed E-state index contributed by atoms with van der Waals surface area (Å²) >= 11 is 9.03. The van der Waals surface area contributed by atoms with Crippen LogP contribution in [0.4, 0.5) is 0 Å². The van der Waals surface area contributed by atoms with Crippen LogP contribution in [0.25, 0.3) is 0 Å². The Labute approximate surface area is 135 Å². The van der Waals surface area contributed by atoms with E-state index in [1.165, 1.54) is 16.0 Å². The van der Waals surface area contributed by atoms with Gasteiger partial charge in [0.1, 0.15) is 5.75 Å². The molecule has 1 unspecified atom stereocenters. The third-order valence-corrected chi connectivity index (χ3v) is 5.30. The van der Waals surface area contributed by atoms with E-state index < -0.39 is 0 Å². The molecule has 0 saturated heterocycles. The highest BCUT2D eigenvalue weighted by Gasteiger charge is 2.12. The number of halogens is 2. The second kappa shape index (κ2) is 6.82. The molecule has 0 aliphatic rings. The molecular formula is C15H14Br2OS. The molecule has 19 heavy (non-hydrogen) atoms. The van der Waals surface area contributed by atoms with Gasteiger partial charge in [-0.15, -0.1) is 11.8 Å². The second-order valence-corrected chi connectivity index (χ2v) is 6.68. The van der Waals surface area contributed by atoms with Crippen LogP contribution in [0.1, 0.15) is 16.0 Å². The maximum absolute atomic E-state index is 5.25. The van der Waals surface area contributed by atoms with Crippen LogP contribution < -0.4 is 4.74 Å². The molecule has 2 aromatic carbocycles. The largest absolute Gasteiger partial charge is 0.496 e. The molecule has 0 amide bonds. The first-order chi connectivity index (χ1) is 9.15. The highest BCUT2D eigenvalue weighted by Crippen LogP contribution is 2.35. The Bertz CT molecular complexity index is 555. The van der Waals surface area contributed by atoms with Gasteiger partial charge >= 0.3 is 0 Å². The molecule has 0 fully saturated rings. The average molecular weight is 402 g/mol. The lowest BCUT2D eigenvalue weighted by Crippen LogP contribution is -1.94. The lowest BCUT2D eigenvalue weighted by Gasteiger charge is -2.13. The Morgan fingerprint density at radius 3 is 2.21 bits per heavy atom. The summed E-state index contributed by atoms with van der Waals surface area (Å²) in [6.07, 6.45) is 2.08. The summed E-state index contributed by atoms with van der Waals surface area (Å²) in [5.41, 5.74) is 2.44. The van der Waals surface area contributed by atoms with Crippen molar-refractivity contribution in [1.82, 2.24) is 0 Å². The Morgan fingerprint density at radius 2 is 1.68 bits per heavy atom. The van der Waals surface area contributed by atoms with Crippen molar-refractivity contribution in [3.63, 3.8) is 0 Å². The van der Waals surface area contributed by atoms with Gasteiger partial charge < -0.3 is 4.74 Å². The fourth-order valence-electron chi connectivity index (χ4n) is 1.81. The first-order valence-corrected chi connectivity index (χ1v) is 8.70. The molecular weight excluding hydrogens is 388 g/mol. The van der Waals surface area contributed by atoms with E-state index in [-0.39, 0.29) is 4.83 Å². The summed E-state index contributed by atoms with van der Waals surface area (Å²) in [5, 5.41) is 0. The van der Waals surface area contributed by atoms with Gasteiger partial charge in [0.25, 0.3) is 0 Å². The highest BCUT2D eigenvalue weighted by molar-refractivity contribution is 9.10. The second-order valence-electron chi connectivity index (χ2n) is 4.03. The van der Waals surface area contributed by atoms with E-state index in [4.69, 9.17) is 4.74 Å². The van der Waals surface area contributed by atoms with E-state index in [0.29, 0.717) is 0 Å². The monoisotopic (exact) mass is 400 g/mol. The fraction of sp³-hybridized carbons (Fsp3) is 0.200. The average Bonchev–Trinajstić information content (AvgIpc) is 2.46.